The Morgan fingerprint density at radius 2 is 0.690 bits per heavy atom. The van der Waals surface area contributed by atoms with Gasteiger partial charge in [-0.15, -0.1) is 0 Å². The second kappa shape index (κ2) is 46.8. The molecule has 58 heavy (non-hydrogen) atoms. The van der Waals surface area contributed by atoms with E-state index in [0.29, 0.717) is 19.3 Å². The van der Waals surface area contributed by atoms with Crippen molar-refractivity contribution in [3.63, 3.8) is 0 Å². The first-order chi connectivity index (χ1) is 28.5. The molecule has 0 bridgehead atoms. The maximum absolute atomic E-state index is 12.7. The third kappa shape index (κ3) is 44.2. The van der Waals surface area contributed by atoms with Crippen LogP contribution >= 0.6 is 0 Å². The lowest BCUT2D eigenvalue weighted by Crippen LogP contribution is -2.30. The molecule has 1 atom stereocenters. The molecule has 0 aliphatic rings. The second-order valence-corrected chi connectivity index (χ2v) is 16.0. The number of allylic oxidation sites excluding steroid dienone is 10. The minimum atomic E-state index is -0.777. The lowest BCUT2D eigenvalue weighted by Gasteiger charge is -2.18. The predicted octanol–water partition coefficient (Wildman–Crippen LogP) is 15.7. The topological polar surface area (TPSA) is 78.9 Å². The molecule has 0 aromatic carbocycles. The summed E-state index contributed by atoms with van der Waals surface area (Å²) in [6.45, 7) is 6.44. The maximum atomic E-state index is 12.7. The number of carbonyl (C=O) groups excluding carboxylic acids is 3. The van der Waals surface area contributed by atoms with E-state index >= 15 is 0 Å². The van der Waals surface area contributed by atoms with Gasteiger partial charge in [-0.2, -0.15) is 0 Å². The molecular formula is C52H90O6. The average Bonchev–Trinajstić information content (AvgIpc) is 3.22. The summed E-state index contributed by atoms with van der Waals surface area (Å²) in [4.78, 5) is 37.7. The molecule has 6 heteroatoms. The van der Waals surface area contributed by atoms with Crippen LogP contribution in [0, 0.1) is 0 Å². The van der Waals surface area contributed by atoms with E-state index in [1.807, 2.05) is 0 Å². The van der Waals surface area contributed by atoms with Gasteiger partial charge in [0, 0.05) is 19.3 Å². The Morgan fingerprint density at radius 1 is 0.362 bits per heavy atom. The van der Waals surface area contributed by atoms with Crippen LogP contribution in [0.1, 0.15) is 233 Å². The fourth-order valence-electron chi connectivity index (χ4n) is 6.59. The molecule has 1 unspecified atom stereocenters. The first-order valence-corrected chi connectivity index (χ1v) is 24.3. The maximum Gasteiger partial charge on any atom is 0.306 e. The van der Waals surface area contributed by atoms with Crippen molar-refractivity contribution >= 4 is 17.9 Å². The van der Waals surface area contributed by atoms with Crippen LogP contribution in [0.3, 0.4) is 0 Å². The molecule has 0 aliphatic carbocycles. The van der Waals surface area contributed by atoms with Crippen molar-refractivity contribution < 1.29 is 28.6 Å². The van der Waals surface area contributed by atoms with Gasteiger partial charge in [0.05, 0.1) is 0 Å². The Bertz CT molecular complexity index is 1070. The lowest BCUT2D eigenvalue weighted by atomic mass is 10.1. The molecule has 0 heterocycles. The zero-order chi connectivity index (χ0) is 42.3. The van der Waals surface area contributed by atoms with E-state index in [9.17, 15) is 14.4 Å². The third-order valence-electron chi connectivity index (χ3n) is 10.3. The van der Waals surface area contributed by atoms with E-state index in [4.69, 9.17) is 14.2 Å². The number of carbonyl (C=O) groups is 3. The highest BCUT2D eigenvalue weighted by Gasteiger charge is 2.19. The Hall–Kier alpha value is -2.89. The van der Waals surface area contributed by atoms with Gasteiger partial charge in [0.2, 0.25) is 0 Å². The second-order valence-electron chi connectivity index (χ2n) is 16.0. The third-order valence-corrected chi connectivity index (χ3v) is 10.3. The Labute approximate surface area is 358 Å². The highest BCUT2D eigenvalue weighted by molar-refractivity contribution is 5.71. The smallest absolute Gasteiger partial charge is 0.306 e. The van der Waals surface area contributed by atoms with Crippen LogP contribution < -0.4 is 0 Å². The van der Waals surface area contributed by atoms with Crippen molar-refractivity contribution in [2.45, 2.75) is 239 Å². The average molecular weight is 811 g/mol. The van der Waals surface area contributed by atoms with E-state index in [0.717, 1.165) is 103 Å². The number of hydrogen-bond acceptors (Lipinski definition) is 6. The van der Waals surface area contributed by atoms with Gasteiger partial charge in [-0.3, -0.25) is 14.4 Å². The van der Waals surface area contributed by atoms with Crippen LogP contribution in [-0.4, -0.2) is 37.2 Å². The van der Waals surface area contributed by atoms with Gasteiger partial charge in [0.15, 0.2) is 6.10 Å². The first-order valence-electron chi connectivity index (χ1n) is 24.3. The monoisotopic (exact) mass is 811 g/mol. The number of hydrogen-bond donors (Lipinski definition) is 0. The van der Waals surface area contributed by atoms with Crippen LogP contribution in [-0.2, 0) is 28.6 Å². The van der Waals surface area contributed by atoms with Crippen LogP contribution in [0.25, 0.3) is 0 Å². The Kier molecular flexibility index (Phi) is 44.5. The molecule has 0 spiro atoms. The molecule has 0 radical (unpaired) electrons. The molecular weight excluding hydrogens is 721 g/mol. The Morgan fingerprint density at radius 3 is 1.12 bits per heavy atom. The van der Waals surface area contributed by atoms with Gasteiger partial charge >= 0.3 is 17.9 Å². The van der Waals surface area contributed by atoms with E-state index in [2.05, 4.69) is 81.5 Å². The van der Waals surface area contributed by atoms with Gasteiger partial charge in [0.25, 0.3) is 0 Å². The van der Waals surface area contributed by atoms with E-state index < -0.39 is 6.10 Å². The fraction of sp³-hybridized carbons (Fsp3) is 0.750. The van der Waals surface area contributed by atoms with Crippen molar-refractivity contribution in [1.82, 2.24) is 0 Å². The Balaban J connectivity index is 4.26. The summed E-state index contributed by atoms with van der Waals surface area (Å²) >= 11 is 0. The molecule has 0 saturated carbocycles. The van der Waals surface area contributed by atoms with Crippen molar-refractivity contribution in [3.05, 3.63) is 60.8 Å². The van der Waals surface area contributed by atoms with Gasteiger partial charge < -0.3 is 14.2 Å². The summed E-state index contributed by atoms with van der Waals surface area (Å²) in [6.07, 6.45) is 56.4. The minimum absolute atomic E-state index is 0.0793. The number of rotatable bonds is 43. The fourth-order valence-corrected chi connectivity index (χ4v) is 6.59. The molecule has 334 valence electrons. The molecule has 0 aliphatic heterocycles. The van der Waals surface area contributed by atoms with Crippen molar-refractivity contribution in [2.75, 3.05) is 13.2 Å². The van der Waals surface area contributed by atoms with Gasteiger partial charge in [-0.25, -0.2) is 0 Å². The normalized spacial score (nSPS) is 12.5. The van der Waals surface area contributed by atoms with Gasteiger partial charge in [-0.1, -0.05) is 197 Å². The largest absolute Gasteiger partial charge is 0.462 e. The highest BCUT2D eigenvalue weighted by Crippen LogP contribution is 2.14. The van der Waals surface area contributed by atoms with Crippen molar-refractivity contribution in [1.29, 1.82) is 0 Å². The van der Waals surface area contributed by atoms with E-state index in [-0.39, 0.29) is 31.1 Å². The summed E-state index contributed by atoms with van der Waals surface area (Å²) < 4.78 is 16.7. The summed E-state index contributed by atoms with van der Waals surface area (Å²) in [5.41, 5.74) is 0. The van der Waals surface area contributed by atoms with Crippen LogP contribution in [0.4, 0.5) is 0 Å². The van der Waals surface area contributed by atoms with Crippen molar-refractivity contribution in [3.8, 4) is 0 Å². The SMILES string of the molecule is CC/C=C\C/C=C\C/C=C\C/C=C\CCCCCCCCCCC(=O)OCC(COC(=O)CCCCCCCCCC)OC(=O)CCCCCCC/C=C\CCCC. The van der Waals surface area contributed by atoms with Gasteiger partial charge in [-0.05, 0) is 77.0 Å². The summed E-state index contributed by atoms with van der Waals surface area (Å²) in [7, 11) is 0. The quantitative estimate of drug-likeness (QED) is 0.0264. The predicted molar refractivity (Wildman–Crippen MR) is 247 cm³/mol. The molecule has 0 fully saturated rings. The molecule has 0 saturated heterocycles. The lowest BCUT2D eigenvalue weighted by molar-refractivity contribution is -0.167. The van der Waals surface area contributed by atoms with Crippen LogP contribution in [0.2, 0.25) is 0 Å². The van der Waals surface area contributed by atoms with Crippen LogP contribution in [0.15, 0.2) is 60.8 Å². The number of esters is 3. The number of ether oxygens (including phenoxy) is 3. The molecule has 6 nitrogen and oxygen atoms in total. The van der Waals surface area contributed by atoms with Gasteiger partial charge in [0.1, 0.15) is 13.2 Å². The summed E-state index contributed by atoms with van der Waals surface area (Å²) in [5.74, 6) is -0.902. The zero-order valence-corrected chi connectivity index (χ0v) is 38.0. The standard InChI is InChI=1S/C52H90O6/c1-4-7-10-13-16-19-21-22-23-24-25-26-27-28-29-30-32-33-36-39-42-45-51(54)57-48-49(47-56-50(53)44-41-38-35-18-15-12-9-6-3)58-52(55)46-43-40-37-34-31-20-17-14-11-8-5-2/h7,10,14,16-17,19,22-23,25-26,49H,4-6,8-9,11-13,15,18,20-21,24,27-48H2,1-3H3/b10-7-,17-14-,19-16-,23-22-,26-25-. The molecule has 0 rings (SSSR count). The molecule has 0 N–H and O–H groups in total. The van der Waals surface area contributed by atoms with Crippen molar-refractivity contribution in [2.24, 2.45) is 0 Å². The minimum Gasteiger partial charge on any atom is -0.462 e. The highest BCUT2D eigenvalue weighted by atomic mass is 16.6. The first kappa shape index (κ1) is 55.1. The zero-order valence-electron chi connectivity index (χ0n) is 38.0. The van der Waals surface area contributed by atoms with Crippen LogP contribution in [0.5, 0.6) is 0 Å². The number of unbranched alkanes of at least 4 members (excludes halogenated alkanes) is 22. The summed E-state index contributed by atoms with van der Waals surface area (Å²) in [6, 6.07) is 0. The summed E-state index contributed by atoms with van der Waals surface area (Å²) in [5, 5.41) is 0. The molecule has 0 aromatic heterocycles. The molecule has 0 aromatic rings. The van der Waals surface area contributed by atoms with E-state index in [1.54, 1.807) is 0 Å². The van der Waals surface area contributed by atoms with E-state index in [1.165, 1.54) is 89.9 Å². The molecule has 0 amide bonds.